The minimum Gasteiger partial charge on any atom is -0.481 e. The molecule has 0 aromatic rings. The van der Waals surface area contributed by atoms with Crippen LogP contribution < -0.4 is 0 Å². The lowest BCUT2D eigenvalue weighted by Crippen LogP contribution is -2.46. The van der Waals surface area contributed by atoms with E-state index in [0.717, 1.165) is 11.8 Å². The van der Waals surface area contributed by atoms with Gasteiger partial charge in [-0.1, -0.05) is 0 Å². The van der Waals surface area contributed by atoms with E-state index in [-0.39, 0.29) is 5.97 Å². The molecule has 0 radical (unpaired) electrons. The van der Waals surface area contributed by atoms with Gasteiger partial charge in [0.15, 0.2) is 0 Å². The van der Waals surface area contributed by atoms with Crippen molar-refractivity contribution in [2.45, 2.75) is 6.42 Å². The minimum absolute atomic E-state index is 0.213. The standard InChI is InChI=1S/C15H16O4/c1-19-14(18)15-10-7-3-2-4-6(8(4)11(10)15)9(5(3)7)12(15)13(16)17/h3-12H,2H2,1H3,(H,16,17). The molecule has 6 saturated carbocycles. The molecule has 2 bridgehead atoms. The van der Waals surface area contributed by atoms with Crippen LogP contribution in [0.4, 0.5) is 0 Å². The second kappa shape index (κ2) is 2.33. The molecule has 0 heterocycles. The van der Waals surface area contributed by atoms with Crippen molar-refractivity contribution < 1.29 is 19.4 Å². The maximum atomic E-state index is 12.4. The van der Waals surface area contributed by atoms with Crippen molar-refractivity contribution >= 4 is 11.9 Å². The predicted octanol–water partition coefficient (Wildman–Crippen LogP) is 0.864. The number of hydrogen-bond acceptors (Lipinski definition) is 3. The summed E-state index contributed by atoms with van der Waals surface area (Å²) in [6.45, 7) is 0. The van der Waals surface area contributed by atoms with Gasteiger partial charge in [0.05, 0.1) is 18.4 Å². The quantitative estimate of drug-likeness (QED) is 0.748. The normalized spacial score (nSPS) is 71.0. The van der Waals surface area contributed by atoms with Crippen LogP contribution >= 0.6 is 0 Å². The van der Waals surface area contributed by atoms with Crippen molar-refractivity contribution in [2.75, 3.05) is 7.11 Å². The monoisotopic (exact) mass is 260 g/mol. The molecule has 6 aliphatic rings. The van der Waals surface area contributed by atoms with Crippen molar-refractivity contribution in [3.8, 4) is 0 Å². The first-order valence-electron chi connectivity index (χ1n) is 7.47. The Labute approximate surface area is 110 Å². The van der Waals surface area contributed by atoms with Crippen molar-refractivity contribution in [1.82, 2.24) is 0 Å². The van der Waals surface area contributed by atoms with Gasteiger partial charge in [-0.05, 0) is 59.7 Å². The summed E-state index contributed by atoms with van der Waals surface area (Å²) in [5, 5.41) is 9.73. The molecule has 6 aliphatic carbocycles. The summed E-state index contributed by atoms with van der Waals surface area (Å²) in [5.74, 6) is 3.75. The van der Waals surface area contributed by atoms with Crippen molar-refractivity contribution in [3.63, 3.8) is 0 Å². The summed E-state index contributed by atoms with van der Waals surface area (Å²) in [4.78, 5) is 24.2. The Kier molecular flexibility index (Phi) is 1.20. The van der Waals surface area contributed by atoms with Gasteiger partial charge in [0.1, 0.15) is 0 Å². The molecule has 4 heteroatoms. The van der Waals surface area contributed by atoms with E-state index in [4.69, 9.17) is 4.74 Å². The molecule has 0 saturated heterocycles. The largest absolute Gasteiger partial charge is 0.481 e. The smallest absolute Gasteiger partial charge is 0.313 e. The Morgan fingerprint density at radius 2 is 1.63 bits per heavy atom. The number of rotatable bonds is 2. The molecule has 6 rings (SSSR count). The van der Waals surface area contributed by atoms with Crippen LogP contribution in [0, 0.1) is 64.6 Å². The van der Waals surface area contributed by atoms with E-state index in [1.165, 1.54) is 13.5 Å². The number of carbonyl (C=O) groups is 2. The van der Waals surface area contributed by atoms with Crippen LogP contribution in [-0.2, 0) is 14.3 Å². The zero-order valence-electron chi connectivity index (χ0n) is 10.7. The fourth-order valence-corrected chi connectivity index (χ4v) is 7.85. The molecule has 0 aromatic carbocycles. The van der Waals surface area contributed by atoms with Crippen molar-refractivity contribution in [3.05, 3.63) is 0 Å². The zero-order chi connectivity index (χ0) is 12.8. The summed E-state index contributed by atoms with van der Waals surface area (Å²) >= 11 is 0. The van der Waals surface area contributed by atoms with Gasteiger partial charge in [0, 0.05) is 0 Å². The Bertz CT molecular complexity index is 540. The summed E-state index contributed by atoms with van der Waals surface area (Å²) in [6, 6.07) is 0. The molecule has 100 valence electrons. The van der Waals surface area contributed by atoms with Crippen molar-refractivity contribution in [2.24, 2.45) is 64.6 Å². The van der Waals surface area contributed by atoms with Crippen LogP contribution in [0.2, 0.25) is 0 Å². The van der Waals surface area contributed by atoms with Gasteiger partial charge in [-0.2, -0.15) is 0 Å². The number of carboxylic acids is 1. The highest BCUT2D eigenvalue weighted by molar-refractivity contribution is 5.91. The first kappa shape index (κ1) is 9.78. The molecule has 1 N–H and O–H groups in total. The predicted molar refractivity (Wildman–Crippen MR) is 61.6 cm³/mol. The molecule has 0 aliphatic heterocycles. The van der Waals surface area contributed by atoms with E-state index in [2.05, 4.69) is 0 Å². The topological polar surface area (TPSA) is 63.6 Å². The van der Waals surface area contributed by atoms with E-state index >= 15 is 0 Å². The van der Waals surface area contributed by atoms with Gasteiger partial charge in [-0.25, -0.2) is 0 Å². The number of esters is 1. The molecule has 19 heavy (non-hydrogen) atoms. The second-order valence-electron chi connectivity index (χ2n) is 7.74. The molecule has 9 atom stereocenters. The summed E-state index contributed by atoms with van der Waals surface area (Å²) < 4.78 is 5.05. The molecule has 0 aromatic heterocycles. The zero-order valence-corrected chi connectivity index (χ0v) is 10.7. The van der Waals surface area contributed by atoms with Crippen LogP contribution in [-0.4, -0.2) is 24.2 Å². The van der Waals surface area contributed by atoms with E-state index in [9.17, 15) is 14.7 Å². The van der Waals surface area contributed by atoms with E-state index in [1.54, 1.807) is 0 Å². The molecule has 0 spiro atoms. The highest BCUT2D eigenvalue weighted by atomic mass is 16.5. The van der Waals surface area contributed by atoms with Gasteiger partial charge in [0.2, 0.25) is 0 Å². The van der Waals surface area contributed by atoms with Crippen LogP contribution in [0.15, 0.2) is 0 Å². The SMILES string of the molecule is COC(=O)C12C(C(=O)O)C3C4C5CC6C3C6C1C2C54. The van der Waals surface area contributed by atoms with Crippen LogP contribution in [0.1, 0.15) is 6.42 Å². The number of aliphatic carboxylic acids is 1. The average Bonchev–Trinajstić information content (AvgIpc) is 3.23. The molecule has 9 unspecified atom stereocenters. The van der Waals surface area contributed by atoms with E-state index in [1.807, 2.05) is 0 Å². The Hall–Kier alpha value is -1.06. The minimum atomic E-state index is -0.738. The number of carbonyl (C=O) groups excluding carboxylic acids is 1. The van der Waals surface area contributed by atoms with E-state index in [0.29, 0.717) is 41.4 Å². The van der Waals surface area contributed by atoms with Gasteiger partial charge < -0.3 is 9.84 Å². The average molecular weight is 260 g/mol. The summed E-state index contributed by atoms with van der Waals surface area (Å²) in [5.41, 5.74) is -0.614. The third-order valence-corrected chi connectivity index (χ3v) is 7.93. The van der Waals surface area contributed by atoms with Crippen molar-refractivity contribution in [1.29, 1.82) is 0 Å². The number of ether oxygens (including phenoxy) is 1. The number of hydrogen-bond donors (Lipinski definition) is 1. The van der Waals surface area contributed by atoms with E-state index < -0.39 is 17.3 Å². The molecule has 0 amide bonds. The summed E-state index contributed by atoms with van der Waals surface area (Å²) in [6.07, 6.45) is 1.33. The third-order valence-electron chi connectivity index (χ3n) is 7.93. The van der Waals surface area contributed by atoms with Crippen LogP contribution in [0.25, 0.3) is 0 Å². The first-order valence-corrected chi connectivity index (χ1v) is 7.47. The number of fused-ring (bicyclic) bond motifs is 5. The van der Waals surface area contributed by atoms with Gasteiger partial charge in [0.25, 0.3) is 0 Å². The fraction of sp³-hybridized carbons (Fsp3) is 0.867. The fourth-order valence-electron chi connectivity index (χ4n) is 7.85. The lowest BCUT2D eigenvalue weighted by Gasteiger charge is -2.37. The maximum absolute atomic E-state index is 12.4. The number of carboxylic acid groups (broad SMARTS) is 1. The lowest BCUT2D eigenvalue weighted by atomic mass is 9.65. The molecule has 4 nitrogen and oxygen atoms in total. The first-order chi connectivity index (χ1) is 9.15. The Morgan fingerprint density at radius 1 is 1.05 bits per heavy atom. The second-order valence-corrected chi connectivity index (χ2v) is 7.74. The third kappa shape index (κ3) is 0.673. The molecular formula is C15H16O4. The van der Waals surface area contributed by atoms with Crippen LogP contribution in [0.5, 0.6) is 0 Å². The lowest BCUT2D eigenvalue weighted by molar-refractivity contribution is -0.166. The van der Waals surface area contributed by atoms with Gasteiger partial charge in [-0.15, -0.1) is 0 Å². The Morgan fingerprint density at radius 3 is 2.11 bits per heavy atom. The summed E-state index contributed by atoms with van der Waals surface area (Å²) in [7, 11) is 1.42. The highest BCUT2D eigenvalue weighted by Crippen LogP contribution is 2.96. The number of methoxy groups -OCH3 is 1. The van der Waals surface area contributed by atoms with Crippen LogP contribution in [0.3, 0.4) is 0 Å². The molecular weight excluding hydrogens is 244 g/mol. The van der Waals surface area contributed by atoms with Gasteiger partial charge >= 0.3 is 11.9 Å². The van der Waals surface area contributed by atoms with Gasteiger partial charge in [-0.3, -0.25) is 9.59 Å². The highest BCUT2D eigenvalue weighted by Gasteiger charge is 2.97. The maximum Gasteiger partial charge on any atom is 0.313 e. The molecule has 6 fully saturated rings. The Balaban J connectivity index is 1.60.